The minimum Gasteiger partial charge on any atom is -0.422 e. The van der Waals surface area contributed by atoms with Gasteiger partial charge < -0.3 is 21.1 Å². The van der Waals surface area contributed by atoms with E-state index in [1.54, 1.807) is 16.7 Å². The van der Waals surface area contributed by atoms with E-state index in [1.807, 2.05) is 49.4 Å². The molecule has 8 nitrogen and oxygen atoms in total. The van der Waals surface area contributed by atoms with Gasteiger partial charge in [-0.25, -0.2) is 4.98 Å². The number of nitrogens with one attached hydrogen (secondary N) is 1. The first kappa shape index (κ1) is 19.6. The summed E-state index contributed by atoms with van der Waals surface area (Å²) in [6, 6.07) is 18.3. The summed E-state index contributed by atoms with van der Waals surface area (Å²) in [4.78, 5) is 20.7. The van der Waals surface area contributed by atoms with Gasteiger partial charge in [0.1, 0.15) is 5.82 Å². The Kier molecular flexibility index (Phi) is 5.22. The highest BCUT2D eigenvalue weighted by atomic mass is 16.4. The highest BCUT2D eigenvalue weighted by molar-refractivity contribution is 6.57. The van der Waals surface area contributed by atoms with Crippen LogP contribution in [0.3, 0.4) is 0 Å². The van der Waals surface area contributed by atoms with Gasteiger partial charge in [-0.3, -0.25) is 9.36 Å². The van der Waals surface area contributed by atoms with Crippen LogP contribution in [0, 0.1) is 6.92 Å². The zero-order valence-corrected chi connectivity index (χ0v) is 16.3. The van der Waals surface area contributed by atoms with Gasteiger partial charge in [-0.2, -0.15) is 4.98 Å². The smallest absolute Gasteiger partial charge is 0.422 e. The molecule has 0 aliphatic carbocycles. The molecular weight excluding hydrogens is 381 g/mol. The fourth-order valence-corrected chi connectivity index (χ4v) is 3.41. The number of aryl methyl sites for hydroxylation is 1. The van der Waals surface area contributed by atoms with Crippen LogP contribution in [0.25, 0.3) is 16.9 Å². The largest absolute Gasteiger partial charge is 0.508 e. The standard InChI is InChI=1S/C21H20BN5O3/c1-13-10-16-15(20(23)28)8-5-9-17(16)27(13)21-25-18(22(29)30)11-19(26-21)24-12-14-6-3-2-4-7-14/h2-11,29-30H,12H2,1H3,(H2,23,28)(H,24,25,26). The Labute approximate surface area is 173 Å². The number of carbonyl (C=O) groups excluding carboxylic acids is 1. The maximum absolute atomic E-state index is 11.8. The molecule has 4 aromatic rings. The Balaban J connectivity index is 1.80. The lowest BCUT2D eigenvalue weighted by Gasteiger charge is -2.12. The molecule has 1 amide bonds. The highest BCUT2D eigenvalue weighted by Gasteiger charge is 2.20. The lowest BCUT2D eigenvalue weighted by molar-refractivity contribution is 0.100. The molecule has 2 heterocycles. The molecule has 0 saturated heterocycles. The molecule has 5 N–H and O–H groups in total. The van der Waals surface area contributed by atoms with Crippen LogP contribution in [-0.2, 0) is 6.54 Å². The molecule has 30 heavy (non-hydrogen) atoms. The highest BCUT2D eigenvalue weighted by Crippen LogP contribution is 2.25. The minimum absolute atomic E-state index is 0.0582. The third-order valence-corrected chi connectivity index (χ3v) is 4.81. The number of rotatable bonds is 6. The van der Waals surface area contributed by atoms with Crippen molar-refractivity contribution in [2.75, 3.05) is 5.32 Å². The zero-order chi connectivity index (χ0) is 21.3. The van der Waals surface area contributed by atoms with E-state index in [9.17, 15) is 14.8 Å². The van der Waals surface area contributed by atoms with Crippen molar-refractivity contribution in [3.8, 4) is 5.95 Å². The average Bonchev–Trinajstić information content (AvgIpc) is 3.08. The number of hydrogen-bond acceptors (Lipinski definition) is 6. The SMILES string of the molecule is Cc1cc2c(C(N)=O)cccc2n1-c1nc(NCc2ccccc2)cc(B(O)O)n1. The number of amides is 1. The van der Waals surface area contributed by atoms with E-state index < -0.39 is 13.0 Å². The van der Waals surface area contributed by atoms with Crippen LogP contribution in [0.4, 0.5) is 5.82 Å². The second kappa shape index (κ2) is 7.98. The van der Waals surface area contributed by atoms with Crippen molar-refractivity contribution in [3.63, 3.8) is 0 Å². The molecule has 9 heteroatoms. The molecule has 0 radical (unpaired) electrons. The molecule has 0 spiro atoms. The molecule has 2 aromatic carbocycles. The van der Waals surface area contributed by atoms with E-state index in [0.717, 1.165) is 11.3 Å². The van der Waals surface area contributed by atoms with Gasteiger partial charge in [0.15, 0.2) is 0 Å². The predicted molar refractivity (Wildman–Crippen MR) is 116 cm³/mol. The third kappa shape index (κ3) is 3.76. The Hall–Kier alpha value is -3.69. The number of fused-ring (bicyclic) bond motifs is 1. The first-order valence-corrected chi connectivity index (χ1v) is 9.38. The van der Waals surface area contributed by atoms with Crippen LogP contribution in [0.1, 0.15) is 21.6 Å². The summed E-state index contributed by atoms with van der Waals surface area (Å²) >= 11 is 0. The monoisotopic (exact) mass is 401 g/mol. The summed E-state index contributed by atoms with van der Waals surface area (Å²) in [7, 11) is -1.76. The number of aromatic nitrogens is 3. The Morgan fingerprint density at radius 3 is 2.57 bits per heavy atom. The Morgan fingerprint density at radius 1 is 1.10 bits per heavy atom. The molecule has 0 unspecified atom stereocenters. The van der Waals surface area contributed by atoms with Gasteiger partial charge in [0, 0.05) is 23.2 Å². The van der Waals surface area contributed by atoms with Gasteiger partial charge in [-0.1, -0.05) is 36.4 Å². The van der Waals surface area contributed by atoms with E-state index >= 15 is 0 Å². The lowest BCUT2D eigenvalue weighted by atomic mass is 9.86. The molecule has 4 rings (SSSR count). The second-order valence-corrected chi connectivity index (χ2v) is 6.91. The fraction of sp³-hybridized carbons (Fsp3) is 0.0952. The van der Waals surface area contributed by atoms with Gasteiger partial charge in [0.2, 0.25) is 11.9 Å². The number of nitrogens with two attached hydrogens (primary N) is 1. The normalized spacial score (nSPS) is 10.9. The van der Waals surface area contributed by atoms with E-state index in [2.05, 4.69) is 15.3 Å². The second-order valence-electron chi connectivity index (χ2n) is 6.91. The summed E-state index contributed by atoms with van der Waals surface area (Å²) < 4.78 is 1.75. The molecule has 0 atom stereocenters. The number of benzene rings is 2. The summed E-state index contributed by atoms with van der Waals surface area (Å²) in [5.41, 5.74) is 8.49. The van der Waals surface area contributed by atoms with Crippen molar-refractivity contribution in [3.05, 3.63) is 77.5 Å². The molecule has 0 fully saturated rings. The van der Waals surface area contributed by atoms with Crippen LogP contribution in [-0.4, -0.2) is 37.6 Å². The predicted octanol–water partition coefficient (Wildman–Crippen LogP) is 1.12. The number of nitrogens with zero attached hydrogens (tertiary/aromatic N) is 3. The number of carbonyl (C=O) groups is 1. The van der Waals surface area contributed by atoms with Crippen molar-refractivity contribution in [2.45, 2.75) is 13.5 Å². The van der Waals surface area contributed by atoms with Crippen molar-refractivity contribution < 1.29 is 14.8 Å². The molecular formula is C21H20BN5O3. The topological polar surface area (TPSA) is 126 Å². The van der Waals surface area contributed by atoms with Crippen molar-refractivity contribution in [1.29, 1.82) is 0 Å². The van der Waals surface area contributed by atoms with E-state index in [4.69, 9.17) is 5.73 Å². The summed E-state index contributed by atoms with van der Waals surface area (Å²) in [6.45, 7) is 2.36. The lowest BCUT2D eigenvalue weighted by Crippen LogP contribution is -2.34. The number of anilines is 1. The van der Waals surface area contributed by atoms with Crippen LogP contribution in [0.15, 0.2) is 60.7 Å². The van der Waals surface area contributed by atoms with Gasteiger partial charge in [0.25, 0.3) is 0 Å². The molecule has 0 bridgehead atoms. The summed E-state index contributed by atoms with van der Waals surface area (Å²) in [6.07, 6.45) is 0. The zero-order valence-electron chi connectivity index (χ0n) is 16.3. The van der Waals surface area contributed by atoms with E-state index in [0.29, 0.717) is 28.8 Å². The van der Waals surface area contributed by atoms with Crippen LogP contribution >= 0.6 is 0 Å². The minimum atomic E-state index is -1.76. The van der Waals surface area contributed by atoms with Crippen molar-refractivity contribution >= 4 is 35.3 Å². The number of hydrogen-bond donors (Lipinski definition) is 4. The molecule has 0 aliphatic heterocycles. The quantitative estimate of drug-likeness (QED) is 0.359. The van der Waals surface area contributed by atoms with Crippen LogP contribution in [0.5, 0.6) is 0 Å². The van der Waals surface area contributed by atoms with E-state index in [1.165, 1.54) is 6.07 Å². The maximum Gasteiger partial charge on any atom is 0.508 e. The van der Waals surface area contributed by atoms with E-state index in [-0.39, 0.29) is 11.5 Å². The van der Waals surface area contributed by atoms with Gasteiger partial charge in [-0.05, 0) is 36.8 Å². The third-order valence-electron chi connectivity index (χ3n) is 4.81. The van der Waals surface area contributed by atoms with Crippen LogP contribution in [0.2, 0.25) is 0 Å². The number of primary amides is 1. The van der Waals surface area contributed by atoms with Crippen LogP contribution < -0.4 is 16.6 Å². The fourth-order valence-electron chi connectivity index (χ4n) is 3.41. The van der Waals surface area contributed by atoms with Crippen molar-refractivity contribution in [2.24, 2.45) is 5.73 Å². The summed E-state index contributed by atoms with van der Waals surface area (Å²) in [5, 5.41) is 23.3. The first-order chi connectivity index (χ1) is 14.4. The first-order valence-electron chi connectivity index (χ1n) is 9.38. The average molecular weight is 401 g/mol. The van der Waals surface area contributed by atoms with Crippen molar-refractivity contribution in [1.82, 2.24) is 14.5 Å². The molecule has 0 saturated carbocycles. The van der Waals surface area contributed by atoms with Gasteiger partial charge in [0.05, 0.1) is 11.1 Å². The molecule has 0 aliphatic rings. The molecule has 150 valence electrons. The molecule has 2 aromatic heterocycles. The Morgan fingerprint density at radius 2 is 1.87 bits per heavy atom. The van der Waals surface area contributed by atoms with Gasteiger partial charge in [-0.15, -0.1) is 0 Å². The van der Waals surface area contributed by atoms with Gasteiger partial charge >= 0.3 is 7.12 Å². The Bertz CT molecular complexity index is 1220. The maximum atomic E-state index is 11.8. The summed E-state index contributed by atoms with van der Waals surface area (Å²) in [5.74, 6) is 0.174.